The SMILES string of the molecule is CCCCC[C@H]1CO[C@H](c2ccc(F)cc2)CO1. The zero-order valence-corrected chi connectivity index (χ0v) is 10.9. The Balaban J connectivity index is 1.77. The normalized spacial score (nSPS) is 24.1. The zero-order chi connectivity index (χ0) is 12.8. The van der Waals surface area contributed by atoms with Gasteiger partial charge in [0.15, 0.2) is 0 Å². The van der Waals surface area contributed by atoms with Gasteiger partial charge in [0.25, 0.3) is 0 Å². The molecule has 0 N–H and O–H groups in total. The van der Waals surface area contributed by atoms with Crippen LogP contribution in [-0.2, 0) is 9.47 Å². The maximum atomic E-state index is 12.8. The molecule has 0 aromatic heterocycles. The van der Waals surface area contributed by atoms with Crippen molar-refractivity contribution < 1.29 is 13.9 Å². The summed E-state index contributed by atoms with van der Waals surface area (Å²) in [7, 11) is 0. The standard InChI is InChI=1S/C15H21FO2/c1-2-3-4-5-14-10-18-15(11-17-14)12-6-8-13(16)9-7-12/h6-9,14-15H,2-5,10-11H2,1H3/t14-,15-/m0/s1. The van der Waals surface area contributed by atoms with Gasteiger partial charge in [-0.15, -0.1) is 0 Å². The van der Waals surface area contributed by atoms with Crippen molar-refractivity contribution in [1.82, 2.24) is 0 Å². The van der Waals surface area contributed by atoms with Crippen LogP contribution in [0.15, 0.2) is 24.3 Å². The molecule has 0 unspecified atom stereocenters. The first kappa shape index (κ1) is 13.5. The van der Waals surface area contributed by atoms with E-state index in [0.29, 0.717) is 13.2 Å². The highest BCUT2D eigenvalue weighted by molar-refractivity contribution is 5.19. The minimum absolute atomic E-state index is 0.0481. The number of hydrogen-bond acceptors (Lipinski definition) is 2. The molecule has 18 heavy (non-hydrogen) atoms. The van der Waals surface area contributed by atoms with Gasteiger partial charge >= 0.3 is 0 Å². The van der Waals surface area contributed by atoms with Crippen molar-refractivity contribution in [3.05, 3.63) is 35.6 Å². The summed E-state index contributed by atoms with van der Waals surface area (Å²) in [6.07, 6.45) is 4.93. The molecule has 1 aromatic carbocycles. The fourth-order valence-electron chi connectivity index (χ4n) is 2.20. The van der Waals surface area contributed by atoms with Crippen LogP contribution >= 0.6 is 0 Å². The van der Waals surface area contributed by atoms with Crippen LogP contribution in [-0.4, -0.2) is 19.3 Å². The molecular weight excluding hydrogens is 231 g/mol. The van der Waals surface area contributed by atoms with E-state index in [-0.39, 0.29) is 18.0 Å². The van der Waals surface area contributed by atoms with Crippen molar-refractivity contribution in [2.45, 2.75) is 44.8 Å². The molecule has 1 aromatic rings. The smallest absolute Gasteiger partial charge is 0.123 e. The molecule has 1 aliphatic rings. The summed E-state index contributed by atoms with van der Waals surface area (Å²) in [6, 6.07) is 6.46. The fraction of sp³-hybridized carbons (Fsp3) is 0.600. The van der Waals surface area contributed by atoms with Crippen LogP contribution in [0, 0.1) is 5.82 Å². The summed E-state index contributed by atoms with van der Waals surface area (Å²) in [6.45, 7) is 3.41. The van der Waals surface area contributed by atoms with Crippen molar-refractivity contribution >= 4 is 0 Å². The molecule has 0 bridgehead atoms. The highest BCUT2D eigenvalue weighted by Crippen LogP contribution is 2.24. The van der Waals surface area contributed by atoms with Crippen molar-refractivity contribution in [3.63, 3.8) is 0 Å². The Hall–Kier alpha value is -0.930. The van der Waals surface area contributed by atoms with Crippen LogP contribution < -0.4 is 0 Å². The van der Waals surface area contributed by atoms with Crippen LogP contribution in [0.3, 0.4) is 0 Å². The third kappa shape index (κ3) is 3.79. The first-order valence-electron chi connectivity index (χ1n) is 6.78. The zero-order valence-electron chi connectivity index (χ0n) is 10.9. The van der Waals surface area contributed by atoms with Gasteiger partial charge in [0.05, 0.1) is 19.3 Å². The molecule has 0 aliphatic carbocycles. The Morgan fingerprint density at radius 1 is 1.11 bits per heavy atom. The number of rotatable bonds is 5. The van der Waals surface area contributed by atoms with E-state index >= 15 is 0 Å². The van der Waals surface area contributed by atoms with Crippen LogP contribution in [0.4, 0.5) is 4.39 Å². The molecule has 2 nitrogen and oxygen atoms in total. The lowest BCUT2D eigenvalue weighted by Gasteiger charge is -2.29. The summed E-state index contributed by atoms with van der Waals surface area (Å²) in [5.41, 5.74) is 0.989. The predicted molar refractivity (Wildman–Crippen MR) is 69.0 cm³/mol. The molecule has 2 atom stereocenters. The Morgan fingerprint density at radius 2 is 1.89 bits per heavy atom. The average Bonchev–Trinajstić information content (AvgIpc) is 2.41. The molecule has 1 fully saturated rings. The van der Waals surface area contributed by atoms with E-state index in [4.69, 9.17) is 9.47 Å². The number of hydrogen-bond donors (Lipinski definition) is 0. The van der Waals surface area contributed by atoms with Crippen LogP contribution in [0.5, 0.6) is 0 Å². The summed E-state index contributed by atoms with van der Waals surface area (Å²) < 4.78 is 24.4. The molecule has 0 saturated carbocycles. The van der Waals surface area contributed by atoms with Gasteiger partial charge in [-0.05, 0) is 24.1 Å². The van der Waals surface area contributed by atoms with Crippen LogP contribution in [0.2, 0.25) is 0 Å². The van der Waals surface area contributed by atoms with Gasteiger partial charge in [-0.3, -0.25) is 0 Å². The Kier molecular flexibility index (Phi) is 5.14. The summed E-state index contributed by atoms with van der Waals surface area (Å²) in [5.74, 6) is -0.215. The molecule has 100 valence electrons. The highest BCUT2D eigenvalue weighted by Gasteiger charge is 2.23. The molecule has 1 heterocycles. The van der Waals surface area contributed by atoms with Gasteiger partial charge in [0, 0.05) is 0 Å². The highest BCUT2D eigenvalue weighted by atomic mass is 19.1. The number of benzene rings is 1. The van der Waals surface area contributed by atoms with Crippen molar-refractivity contribution in [3.8, 4) is 0 Å². The molecule has 1 aliphatic heterocycles. The Morgan fingerprint density at radius 3 is 2.50 bits per heavy atom. The van der Waals surface area contributed by atoms with Gasteiger partial charge < -0.3 is 9.47 Å². The lowest BCUT2D eigenvalue weighted by molar-refractivity contribution is -0.137. The van der Waals surface area contributed by atoms with E-state index in [2.05, 4.69) is 6.92 Å². The minimum atomic E-state index is -0.215. The number of ether oxygens (including phenoxy) is 2. The maximum Gasteiger partial charge on any atom is 0.123 e. The van der Waals surface area contributed by atoms with E-state index in [1.165, 1.54) is 31.4 Å². The summed E-state index contributed by atoms with van der Waals surface area (Å²) in [4.78, 5) is 0. The van der Waals surface area contributed by atoms with Crippen molar-refractivity contribution in [1.29, 1.82) is 0 Å². The number of halogens is 1. The van der Waals surface area contributed by atoms with Crippen LogP contribution in [0.25, 0.3) is 0 Å². The predicted octanol–water partition coefficient (Wildman–Crippen LogP) is 3.86. The fourth-order valence-corrected chi connectivity index (χ4v) is 2.20. The quantitative estimate of drug-likeness (QED) is 0.741. The van der Waals surface area contributed by atoms with Gasteiger partial charge in [-0.25, -0.2) is 4.39 Å². The molecule has 1 saturated heterocycles. The Labute approximate surface area is 108 Å². The summed E-state index contributed by atoms with van der Waals surface area (Å²) >= 11 is 0. The largest absolute Gasteiger partial charge is 0.373 e. The van der Waals surface area contributed by atoms with Gasteiger partial charge in [-0.2, -0.15) is 0 Å². The minimum Gasteiger partial charge on any atom is -0.373 e. The van der Waals surface area contributed by atoms with E-state index in [1.54, 1.807) is 12.1 Å². The van der Waals surface area contributed by atoms with E-state index in [0.717, 1.165) is 12.0 Å². The van der Waals surface area contributed by atoms with Crippen LogP contribution in [0.1, 0.15) is 44.3 Å². The first-order valence-corrected chi connectivity index (χ1v) is 6.78. The Bertz CT molecular complexity index is 342. The first-order chi connectivity index (χ1) is 8.79. The maximum absolute atomic E-state index is 12.8. The molecule has 2 rings (SSSR count). The molecule has 3 heteroatoms. The summed E-state index contributed by atoms with van der Waals surface area (Å²) in [5, 5.41) is 0. The lowest BCUT2D eigenvalue weighted by Crippen LogP contribution is -2.31. The lowest BCUT2D eigenvalue weighted by atomic mass is 10.1. The third-order valence-electron chi connectivity index (χ3n) is 3.34. The third-order valence-corrected chi connectivity index (χ3v) is 3.34. The molecular formula is C15H21FO2. The van der Waals surface area contributed by atoms with Gasteiger partial charge in [0.1, 0.15) is 11.9 Å². The van der Waals surface area contributed by atoms with Crippen molar-refractivity contribution in [2.75, 3.05) is 13.2 Å². The molecule has 0 radical (unpaired) electrons. The topological polar surface area (TPSA) is 18.5 Å². The van der Waals surface area contributed by atoms with Crippen molar-refractivity contribution in [2.24, 2.45) is 0 Å². The average molecular weight is 252 g/mol. The second-order valence-corrected chi connectivity index (χ2v) is 4.82. The molecule has 0 amide bonds. The second-order valence-electron chi connectivity index (χ2n) is 4.82. The second kappa shape index (κ2) is 6.86. The van der Waals surface area contributed by atoms with E-state index in [9.17, 15) is 4.39 Å². The molecule has 0 spiro atoms. The van der Waals surface area contributed by atoms with Gasteiger partial charge in [0.2, 0.25) is 0 Å². The number of unbranched alkanes of at least 4 members (excludes halogenated alkanes) is 2. The van der Waals surface area contributed by atoms with E-state index < -0.39 is 0 Å². The monoisotopic (exact) mass is 252 g/mol. The van der Waals surface area contributed by atoms with Gasteiger partial charge in [-0.1, -0.05) is 38.3 Å². The van der Waals surface area contributed by atoms with E-state index in [1.807, 2.05) is 0 Å².